The number of aromatic nitrogens is 1. The van der Waals surface area contributed by atoms with E-state index < -0.39 is 11.2 Å². The molecule has 29 heavy (non-hydrogen) atoms. The number of ether oxygens (including phenoxy) is 2. The predicted octanol–water partition coefficient (Wildman–Crippen LogP) is 2.34. The standard InChI is InChI=1S/C22H20N2O5/c1-23-17-10-18-15(9-19(17)29-21(23)26)22(12-28-18)14-6-2-3-7-16(14)24(20(22)25)11-13-5-4-8-27-13/h2-3,6-7,9-10,13H,4-5,8,11-12H2,1H3. The lowest BCUT2D eigenvalue weighted by Crippen LogP contribution is -2.44. The molecule has 3 aliphatic rings. The van der Waals surface area contributed by atoms with E-state index in [0.29, 0.717) is 23.4 Å². The molecule has 2 unspecified atom stereocenters. The fourth-order valence-electron chi connectivity index (χ4n) is 4.97. The van der Waals surface area contributed by atoms with Gasteiger partial charge < -0.3 is 18.8 Å². The van der Waals surface area contributed by atoms with Crippen molar-refractivity contribution in [1.29, 1.82) is 0 Å². The van der Waals surface area contributed by atoms with Crippen molar-refractivity contribution in [2.75, 3.05) is 24.7 Å². The van der Waals surface area contributed by atoms with Crippen molar-refractivity contribution in [2.45, 2.75) is 24.4 Å². The molecular weight excluding hydrogens is 372 g/mol. The summed E-state index contributed by atoms with van der Waals surface area (Å²) < 4.78 is 18.6. The van der Waals surface area contributed by atoms with Gasteiger partial charge in [0.1, 0.15) is 17.8 Å². The van der Waals surface area contributed by atoms with Gasteiger partial charge in [-0.3, -0.25) is 9.36 Å². The summed E-state index contributed by atoms with van der Waals surface area (Å²) >= 11 is 0. The van der Waals surface area contributed by atoms with Crippen LogP contribution in [0.25, 0.3) is 11.1 Å². The van der Waals surface area contributed by atoms with Gasteiger partial charge in [-0.1, -0.05) is 18.2 Å². The molecule has 1 saturated heterocycles. The normalized spacial score (nSPS) is 25.1. The van der Waals surface area contributed by atoms with Gasteiger partial charge in [-0.05, 0) is 30.5 Å². The number of hydrogen-bond acceptors (Lipinski definition) is 5. The van der Waals surface area contributed by atoms with Gasteiger partial charge in [0.05, 0.1) is 18.2 Å². The van der Waals surface area contributed by atoms with Crippen molar-refractivity contribution in [2.24, 2.45) is 7.05 Å². The van der Waals surface area contributed by atoms with E-state index in [9.17, 15) is 9.59 Å². The average Bonchev–Trinajstić information content (AvgIpc) is 3.48. The Morgan fingerprint density at radius 3 is 2.86 bits per heavy atom. The number of amides is 1. The molecule has 1 spiro atoms. The minimum Gasteiger partial charge on any atom is -0.491 e. The fraction of sp³-hybridized carbons (Fsp3) is 0.364. The first kappa shape index (κ1) is 16.9. The van der Waals surface area contributed by atoms with Crippen molar-refractivity contribution in [3.63, 3.8) is 0 Å². The van der Waals surface area contributed by atoms with Crippen molar-refractivity contribution in [1.82, 2.24) is 4.57 Å². The molecule has 3 aliphatic heterocycles. The average molecular weight is 392 g/mol. The lowest BCUT2D eigenvalue weighted by molar-refractivity contribution is -0.122. The number of aryl methyl sites for hydroxylation is 1. The molecule has 7 nitrogen and oxygen atoms in total. The van der Waals surface area contributed by atoms with Gasteiger partial charge >= 0.3 is 5.76 Å². The Morgan fingerprint density at radius 1 is 1.17 bits per heavy atom. The van der Waals surface area contributed by atoms with Crippen LogP contribution < -0.4 is 15.4 Å². The summed E-state index contributed by atoms with van der Waals surface area (Å²) in [4.78, 5) is 27.6. The summed E-state index contributed by atoms with van der Waals surface area (Å²) in [6.45, 7) is 1.52. The number of hydrogen-bond donors (Lipinski definition) is 0. The van der Waals surface area contributed by atoms with Gasteiger partial charge in [0.15, 0.2) is 5.58 Å². The van der Waals surface area contributed by atoms with Gasteiger partial charge in [-0.15, -0.1) is 0 Å². The fourth-order valence-corrected chi connectivity index (χ4v) is 4.97. The molecule has 1 fully saturated rings. The monoisotopic (exact) mass is 392 g/mol. The molecule has 0 saturated carbocycles. The minimum absolute atomic E-state index is 0.00872. The number of nitrogens with zero attached hydrogens (tertiary/aromatic N) is 2. The second-order valence-corrected chi connectivity index (χ2v) is 8.01. The van der Waals surface area contributed by atoms with Crippen LogP contribution in [-0.4, -0.2) is 36.3 Å². The zero-order valence-electron chi connectivity index (χ0n) is 16.0. The highest BCUT2D eigenvalue weighted by Gasteiger charge is 2.57. The summed E-state index contributed by atoms with van der Waals surface area (Å²) in [6.07, 6.45) is 2.04. The second kappa shape index (κ2) is 5.73. The molecule has 0 aliphatic carbocycles. The molecule has 6 rings (SSSR count). The highest BCUT2D eigenvalue weighted by atomic mass is 16.5. The maximum Gasteiger partial charge on any atom is 0.419 e. The Kier molecular flexibility index (Phi) is 3.33. The topological polar surface area (TPSA) is 73.9 Å². The highest BCUT2D eigenvalue weighted by molar-refractivity contribution is 6.12. The van der Waals surface area contributed by atoms with Gasteiger partial charge in [0.2, 0.25) is 5.91 Å². The smallest absolute Gasteiger partial charge is 0.419 e. The van der Waals surface area contributed by atoms with Crippen molar-refractivity contribution in [3.05, 3.63) is 58.1 Å². The Hall–Kier alpha value is -3.06. The Morgan fingerprint density at radius 2 is 2.03 bits per heavy atom. The molecule has 148 valence electrons. The van der Waals surface area contributed by atoms with Crippen LogP contribution in [0.2, 0.25) is 0 Å². The zero-order valence-corrected chi connectivity index (χ0v) is 16.0. The maximum atomic E-state index is 13.8. The number of carbonyl (C=O) groups excluding carboxylic acids is 1. The lowest BCUT2D eigenvalue weighted by Gasteiger charge is -2.24. The third-order valence-corrected chi connectivity index (χ3v) is 6.47. The Labute approximate surface area is 166 Å². The van der Waals surface area contributed by atoms with E-state index in [1.165, 1.54) is 4.57 Å². The van der Waals surface area contributed by atoms with Crippen LogP contribution in [0.4, 0.5) is 5.69 Å². The summed E-state index contributed by atoms with van der Waals surface area (Å²) in [5.41, 5.74) is 2.78. The largest absolute Gasteiger partial charge is 0.491 e. The number of oxazole rings is 1. The molecule has 0 N–H and O–H groups in total. The minimum atomic E-state index is -0.923. The molecular formula is C22H20N2O5. The van der Waals surface area contributed by atoms with Crippen LogP contribution in [0, 0.1) is 0 Å². The van der Waals surface area contributed by atoms with E-state index in [2.05, 4.69) is 0 Å². The van der Waals surface area contributed by atoms with E-state index in [1.54, 1.807) is 19.2 Å². The quantitative estimate of drug-likeness (QED) is 0.669. The van der Waals surface area contributed by atoms with Crippen molar-refractivity contribution >= 4 is 22.7 Å². The Bertz CT molecular complexity index is 1220. The van der Waals surface area contributed by atoms with Crippen LogP contribution in [0.5, 0.6) is 5.75 Å². The summed E-state index contributed by atoms with van der Waals surface area (Å²) in [6, 6.07) is 11.5. The number of rotatable bonds is 2. The van der Waals surface area contributed by atoms with Crippen LogP contribution >= 0.6 is 0 Å². The molecule has 0 bridgehead atoms. The van der Waals surface area contributed by atoms with Crippen LogP contribution in [-0.2, 0) is 22.0 Å². The van der Waals surface area contributed by atoms with E-state index in [1.807, 2.05) is 29.2 Å². The van der Waals surface area contributed by atoms with E-state index in [-0.39, 0.29) is 18.6 Å². The first-order valence-electron chi connectivity index (χ1n) is 9.89. The molecule has 3 aromatic rings. The summed E-state index contributed by atoms with van der Waals surface area (Å²) in [5, 5.41) is 0. The number of fused-ring (bicyclic) bond motifs is 5. The van der Waals surface area contributed by atoms with Crippen LogP contribution in [0.1, 0.15) is 24.0 Å². The van der Waals surface area contributed by atoms with E-state index in [0.717, 1.165) is 36.3 Å². The third kappa shape index (κ3) is 2.11. The summed E-state index contributed by atoms with van der Waals surface area (Å²) in [5.74, 6) is 0.178. The third-order valence-electron chi connectivity index (χ3n) is 6.47. The number of anilines is 1. The number of para-hydroxylation sites is 1. The second-order valence-electron chi connectivity index (χ2n) is 8.01. The van der Waals surface area contributed by atoms with Gasteiger partial charge in [-0.25, -0.2) is 4.79 Å². The lowest BCUT2D eigenvalue weighted by atomic mass is 9.77. The predicted molar refractivity (Wildman–Crippen MR) is 105 cm³/mol. The molecule has 0 radical (unpaired) electrons. The van der Waals surface area contributed by atoms with E-state index >= 15 is 0 Å². The van der Waals surface area contributed by atoms with Gasteiger partial charge in [-0.2, -0.15) is 0 Å². The first-order valence-corrected chi connectivity index (χ1v) is 9.89. The summed E-state index contributed by atoms with van der Waals surface area (Å²) in [7, 11) is 1.66. The number of carbonyl (C=O) groups is 1. The van der Waals surface area contributed by atoms with Crippen molar-refractivity contribution < 1.29 is 18.7 Å². The van der Waals surface area contributed by atoms with Gasteiger partial charge in [0.25, 0.3) is 0 Å². The van der Waals surface area contributed by atoms with Crippen LogP contribution in [0.3, 0.4) is 0 Å². The van der Waals surface area contributed by atoms with Crippen LogP contribution in [0.15, 0.2) is 45.6 Å². The van der Waals surface area contributed by atoms with E-state index in [4.69, 9.17) is 13.9 Å². The number of benzene rings is 2. The van der Waals surface area contributed by atoms with Gasteiger partial charge in [0, 0.05) is 31.0 Å². The Balaban J connectivity index is 1.54. The first-order chi connectivity index (χ1) is 14.1. The zero-order chi connectivity index (χ0) is 19.8. The molecule has 1 amide bonds. The molecule has 2 atom stereocenters. The molecule has 7 heteroatoms. The molecule has 4 heterocycles. The highest BCUT2D eigenvalue weighted by Crippen LogP contribution is 2.53. The maximum absolute atomic E-state index is 13.8. The SMILES string of the molecule is Cn1c(=O)oc2cc3c(cc21)OCC31C(=O)N(CC2CCCO2)c2ccccc21. The molecule has 1 aromatic heterocycles. The van der Waals surface area contributed by atoms with Crippen molar-refractivity contribution in [3.8, 4) is 5.75 Å². The molecule has 2 aromatic carbocycles.